The quantitative estimate of drug-likeness (QED) is 0.402. The fourth-order valence-corrected chi connectivity index (χ4v) is 3.74. The number of halogens is 3. The Bertz CT molecular complexity index is 883. The Morgan fingerprint density at radius 2 is 1.85 bits per heavy atom. The van der Waals surface area contributed by atoms with E-state index >= 15 is 0 Å². The number of hydrogen-bond acceptors (Lipinski definition) is 8. The van der Waals surface area contributed by atoms with Crippen LogP contribution in [0.15, 0.2) is 11.9 Å². The second-order valence-corrected chi connectivity index (χ2v) is 8.91. The lowest BCUT2D eigenvalue weighted by atomic mass is 9.98. The number of hydrazine groups is 1. The second-order valence-electron chi connectivity index (χ2n) is 8.91. The van der Waals surface area contributed by atoms with Crippen molar-refractivity contribution < 1.29 is 27.4 Å². The molecule has 2 aliphatic rings. The van der Waals surface area contributed by atoms with Gasteiger partial charge in [-0.25, -0.2) is 20.6 Å². The van der Waals surface area contributed by atoms with E-state index in [1.807, 2.05) is 0 Å². The van der Waals surface area contributed by atoms with Gasteiger partial charge in [-0.3, -0.25) is 0 Å². The molecule has 0 spiro atoms. The van der Waals surface area contributed by atoms with Crippen LogP contribution in [0.25, 0.3) is 5.70 Å². The average Bonchev–Trinajstić information content (AvgIpc) is 3.63. The van der Waals surface area contributed by atoms with Gasteiger partial charge in [0.05, 0.1) is 30.1 Å². The first-order valence-electron chi connectivity index (χ1n) is 11.5. The van der Waals surface area contributed by atoms with Crippen molar-refractivity contribution in [2.45, 2.75) is 69.6 Å². The molecule has 0 unspecified atom stereocenters. The van der Waals surface area contributed by atoms with Crippen molar-refractivity contribution in [3.63, 3.8) is 0 Å². The van der Waals surface area contributed by atoms with Crippen LogP contribution in [0.4, 0.5) is 18.0 Å². The van der Waals surface area contributed by atoms with Crippen LogP contribution >= 0.6 is 0 Å². The topological polar surface area (TPSA) is 120 Å². The van der Waals surface area contributed by atoms with Gasteiger partial charge in [-0.2, -0.15) is 13.2 Å². The Kier molecular flexibility index (Phi) is 8.45. The maximum Gasteiger partial charge on any atom is 0.409 e. The fraction of sp³-hybridized carbons (Fsp3) is 0.682. The first kappa shape index (κ1) is 25.9. The number of hydrogen-bond donors (Lipinski definition) is 2. The monoisotopic (exact) mass is 486 g/mol. The van der Waals surface area contributed by atoms with Crippen molar-refractivity contribution >= 4 is 11.8 Å². The molecule has 0 bridgehead atoms. The molecule has 1 amide bonds. The lowest BCUT2D eigenvalue weighted by Crippen LogP contribution is -2.35. The van der Waals surface area contributed by atoms with Gasteiger partial charge in [0.2, 0.25) is 0 Å². The number of nitrogens with two attached hydrogens (primary N) is 2. The Labute approximate surface area is 197 Å². The molecule has 0 atom stereocenters. The smallest absolute Gasteiger partial charge is 0.409 e. The summed E-state index contributed by atoms with van der Waals surface area (Å²) in [6.45, 7) is -0.873. The van der Waals surface area contributed by atoms with Gasteiger partial charge in [-0.1, -0.05) is 6.42 Å². The van der Waals surface area contributed by atoms with Crippen LogP contribution in [-0.4, -0.2) is 65.5 Å². The maximum absolute atomic E-state index is 12.4. The van der Waals surface area contributed by atoms with Crippen LogP contribution in [0.5, 0.6) is 5.75 Å². The van der Waals surface area contributed by atoms with Gasteiger partial charge in [0, 0.05) is 26.6 Å². The summed E-state index contributed by atoms with van der Waals surface area (Å²) in [5.74, 6) is 7.06. The highest BCUT2D eigenvalue weighted by atomic mass is 19.4. The van der Waals surface area contributed by atoms with E-state index < -0.39 is 25.2 Å². The predicted octanol–water partition coefficient (Wildman–Crippen LogP) is 3.52. The van der Waals surface area contributed by atoms with Gasteiger partial charge in [-0.15, -0.1) is 0 Å². The molecule has 0 aromatic carbocycles. The lowest BCUT2D eigenvalue weighted by molar-refractivity contribution is -0.136. The number of likely N-dealkylation sites (N-methyl/N-ethyl adjacent to an activating group) is 1. The standard InChI is InChI=1S/C22H33F3N6O3/c1-30(11-10-22(23,24)25)21(32)33-13-16(31(2)27)18(26)20-28-12-17(19(29-20)14-8-9-14)34-15-6-4-3-5-7-15/h12,14-15H,3-11,13,26-27H2,1-2H3/b18-16-. The van der Waals surface area contributed by atoms with E-state index in [-0.39, 0.29) is 35.8 Å². The van der Waals surface area contributed by atoms with Gasteiger partial charge in [0.15, 0.2) is 11.6 Å². The van der Waals surface area contributed by atoms with E-state index in [1.165, 1.54) is 25.5 Å². The van der Waals surface area contributed by atoms with Crippen LogP contribution in [-0.2, 0) is 4.74 Å². The molecule has 0 saturated heterocycles. The Balaban J connectivity index is 1.72. The largest absolute Gasteiger partial charge is 0.487 e. The summed E-state index contributed by atoms with van der Waals surface area (Å²) >= 11 is 0. The van der Waals surface area contributed by atoms with Crippen molar-refractivity contribution in [2.24, 2.45) is 11.6 Å². The normalized spacial score (nSPS) is 17.7. The van der Waals surface area contributed by atoms with E-state index in [1.54, 1.807) is 6.20 Å². The molecule has 2 saturated carbocycles. The minimum Gasteiger partial charge on any atom is -0.487 e. The SMILES string of the molecule is CN(CCC(F)(F)F)C(=O)OC/C(=C(/N)c1ncc(OC2CCCCC2)c(C2CC2)n1)N(C)N. The number of ether oxygens (including phenoxy) is 2. The number of amides is 1. The van der Waals surface area contributed by atoms with Crippen molar-refractivity contribution in [3.05, 3.63) is 23.4 Å². The third-order valence-electron chi connectivity index (χ3n) is 5.95. The molecular weight excluding hydrogens is 453 g/mol. The Morgan fingerprint density at radius 3 is 2.44 bits per heavy atom. The molecule has 0 aliphatic heterocycles. The van der Waals surface area contributed by atoms with E-state index in [0.717, 1.165) is 49.1 Å². The highest BCUT2D eigenvalue weighted by Gasteiger charge is 2.31. The predicted molar refractivity (Wildman–Crippen MR) is 119 cm³/mol. The van der Waals surface area contributed by atoms with E-state index in [4.69, 9.17) is 21.1 Å². The number of alkyl halides is 3. The lowest BCUT2D eigenvalue weighted by Gasteiger charge is -2.24. The number of carbonyl (C=O) groups is 1. The molecule has 1 aromatic heterocycles. The molecule has 9 nitrogen and oxygen atoms in total. The number of nitrogens with zero attached hydrogens (tertiary/aromatic N) is 4. The molecule has 1 heterocycles. The molecule has 4 N–H and O–H groups in total. The van der Waals surface area contributed by atoms with Crippen molar-refractivity contribution in [1.82, 2.24) is 19.9 Å². The molecule has 12 heteroatoms. The van der Waals surface area contributed by atoms with Crippen LogP contribution in [0.1, 0.15) is 68.8 Å². The third-order valence-corrected chi connectivity index (χ3v) is 5.95. The minimum atomic E-state index is -4.37. The van der Waals surface area contributed by atoms with E-state index in [2.05, 4.69) is 9.97 Å². The molecule has 34 heavy (non-hydrogen) atoms. The van der Waals surface area contributed by atoms with Crippen LogP contribution < -0.4 is 16.3 Å². The van der Waals surface area contributed by atoms with Gasteiger partial charge in [0.1, 0.15) is 12.3 Å². The summed E-state index contributed by atoms with van der Waals surface area (Å²) in [5, 5.41) is 1.17. The molecule has 1 aromatic rings. The zero-order chi connectivity index (χ0) is 24.9. The van der Waals surface area contributed by atoms with Gasteiger partial charge < -0.3 is 25.1 Å². The van der Waals surface area contributed by atoms with Gasteiger partial charge in [0.25, 0.3) is 0 Å². The first-order chi connectivity index (χ1) is 16.0. The zero-order valence-electron chi connectivity index (χ0n) is 19.6. The van der Waals surface area contributed by atoms with Crippen LogP contribution in [0, 0.1) is 0 Å². The molecule has 0 radical (unpaired) electrons. The summed E-state index contributed by atoms with van der Waals surface area (Å²) in [6.07, 6.45) is 2.92. The van der Waals surface area contributed by atoms with Crippen molar-refractivity contribution in [1.29, 1.82) is 0 Å². The molecule has 3 rings (SSSR count). The number of carbonyl (C=O) groups excluding carboxylic acids is 1. The van der Waals surface area contributed by atoms with Crippen LogP contribution in [0.3, 0.4) is 0 Å². The molecular formula is C22H33F3N6O3. The fourth-order valence-electron chi connectivity index (χ4n) is 3.74. The van der Waals surface area contributed by atoms with Crippen molar-refractivity contribution in [2.75, 3.05) is 27.2 Å². The highest BCUT2D eigenvalue weighted by Crippen LogP contribution is 2.43. The minimum absolute atomic E-state index is 0.113. The highest BCUT2D eigenvalue weighted by molar-refractivity contribution is 5.68. The summed E-state index contributed by atoms with van der Waals surface area (Å²) in [7, 11) is 2.73. The summed E-state index contributed by atoms with van der Waals surface area (Å²) < 4.78 is 48.5. The van der Waals surface area contributed by atoms with Gasteiger partial charge in [-0.05, 0) is 38.5 Å². The average molecular weight is 487 g/mol. The van der Waals surface area contributed by atoms with Crippen molar-refractivity contribution in [3.8, 4) is 5.75 Å². The molecule has 190 valence electrons. The maximum atomic E-state index is 12.4. The van der Waals surface area contributed by atoms with Crippen LogP contribution in [0.2, 0.25) is 0 Å². The Morgan fingerprint density at radius 1 is 1.18 bits per heavy atom. The molecule has 2 fully saturated rings. The van der Waals surface area contributed by atoms with Gasteiger partial charge >= 0.3 is 12.3 Å². The number of aromatic nitrogens is 2. The van der Waals surface area contributed by atoms with E-state index in [9.17, 15) is 18.0 Å². The second kappa shape index (κ2) is 11.1. The summed E-state index contributed by atoms with van der Waals surface area (Å²) in [4.78, 5) is 21.9. The first-order valence-corrected chi connectivity index (χ1v) is 11.5. The number of rotatable bonds is 9. The zero-order valence-corrected chi connectivity index (χ0v) is 19.6. The molecule has 2 aliphatic carbocycles. The van der Waals surface area contributed by atoms with E-state index in [0.29, 0.717) is 5.75 Å². The Hall–Kier alpha value is -2.76. The third kappa shape index (κ3) is 7.37. The summed E-state index contributed by atoms with van der Waals surface area (Å²) in [5.41, 5.74) is 7.42. The summed E-state index contributed by atoms with van der Waals surface area (Å²) in [6, 6.07) is 0.